The van der Waals surface area contributed by atoms with Crippen molar-refractivity contribution < 1.29 is 19.6 Å². The fourth-order valence-corrected chi connectivity index (χ4v) is 1.44. The molecule has 7 nitrogen and oxygen atoms in total. The first-order chi connectivity index (χ1) is 8.24. The quantitative estimate of drug-likeness (QED) is 0.338. The van der Waals surface area contributed by atoms with Crippen LogP contribution in [-0.2, 0) is 4.79 Å². The van der Waals surface area contributed by atoms with Gasteiger partial charge in [-0.25, -0.2) is 0 Å². The fourth-order valence-electron chi connectivity index (χ4n) is 1.44. The summed E-state index contributed by atoms with van der Waals surface area (Å²) in [6.07, 6.45) is -0.511. The van der Waals surface area contributed by atoms with Gasteiger partial charge < -0.3 is 5.11 Å². The van der Waals surface area contributed by atoms with Crippen LogP contribution in [0.2, 0.25) is 0 Å². The van der Waals surface area contributed by atoms with Gasteiger partial charge >= 0.3 is 0 Å². The third kappa shape index (κ3) is 3.19. The van der Waals surface area contributed by atoms with E-state index in [1.54, 1.807) is 0 Å². The number of benzene rings is 1. The second-order valence-electron chi connectivity index (χ2n) is 3.94. The van der Waals surface area contributed by atoms with Gasteiger partial charge in [0, 0.05) is 17.7 Å². The van der Waals surface area contributed by atoms with Crippen molar-refractivity contribution >= 4 is 17.3 Å². The molecule has 0 aliphatic heterocycles. The number of non-ortho nitro benzene ring substituents is 1. The lowest BCUT2D eigenvalue weighted by Crippen LogP contribution is -2.49. The topological polar surface area (TPSA) is 124 Å². The summed E-state index contributed by atoms with van der Waals surface area (Å²) in [5, 5.41) is 20.1. The molecular weight excluding hydrogens is 240 g/mol. The lowest BCUT2D eigenvalue weighted by atomic mass is 9.97. The number of nitro groups is 1. The fraction of sp³-hybridized carbons (Fsp3) is 0.273. The van der Waals surface area contributed by atoms with E-state index >= 15 is 0 Å². The minimum atomic E-state index is -2.29. The van der Waals surface area contributed by atoms with Crippen LogP contribution >= 0.6 is 0 Å². The van der Waals surface area contributed by atoms with E-state index in [2.05, 4.69) is 0 Å². The summed E-state index contributed by atoms with van der Waals surface area (Å²) in [6, 6.07) is 4.60. The first kappa shape index (κ1) is 13.9. The summed E-state index contributed by atoms with van der Waals surface area (Å²) in [5.41, 5.74) is 2.88. The minimum absolute atomic E-state index is 0.00634. The average molecular weight is 252 g/mol. The Kier molecular flexibility index (Phi) is 3.89. The standard InChI is InChI=1S/C11H12N2O5/c1-7(14)6-11(12,16)10(15)8-2-4-9(5-3-8)13(17)18/h2-5,16H,6,12H2,1H3. The second-order valence-corrected chi connectivity index (χ2v) is 3.94. The number of hydrogen-bond donors (Lipinski definition) is 2. The van der Waals surface area contributed by atoms with Crippen LogP contribution in [0.1, 0.15) is 23.7 Å². The van der Waals surface area contributed by atoms with E-state index in [1.807, 2.05) is 0 Å². The van der Waals surface area contributed by atoms with Gasteiger partial charge in [0.1, 0.15) is 5.78 Å². The van der Waals surface area contributed by atoms with E-state index < -0.39 is 28.6 Å². The van der Waals surface area contributed by atoms with Crippen molar-refractivity contribution in [3.8, 4) is 0 Å². The van der Waals surface area contributed by atoms with Crippen LogP contribution in [0.4, 0.5) is 5.69 Å². The Labute approximate surface area is 102 Å². The zero-order valence-electron chi connectivity index (χ0n) is 9.62. The Balaban J connectivity index is 2.97. The maximum Gasteiger partial charge on any atom is 0.269 e. The van der Waals surface area contributed by atoms with E-state index in [1.165, 1.54) is 19.1 Å². The Hall–Kier alpha value is -2.12. The highest BCUT2D eigenvalue weighted by molar-refractivity contribution is 6.04. The normalized spacial score (nSPS) is 13.7. The molecule has 18 heavy (non-hydrogen) atoms. The van der Waals surface area contributed by atoms with Crippen molar-refractivity contribution in [2.75, 3.05) is 0 Å². The molecule has 0 aliphatic rings. The molecule has 3 N–H and O–H groups in total. The molecule has 7 heteroatoms. The number of ketones is 2. The van der Waals surface area contributed by atoms with Gasteiger partial charge in [-0.05, 0) is 19.1 Å². The van der Waals surface area contributed by atoms with Crippen LogP contribution in [0, 0.1) is 10.1 Å². The van der Waals surface area contributed by atoms with E-state index in [4.69, 9.17) is 5.73 Å². The van der Waals surface area contributed by atoms with Crippen molar-refractivity contribution in [1.82, 2.24) is 0 Å². The molecule has 0 saturated carbocycles. The van der Waals surface area contributed by atoms with Crippen LogP contribution < -0.4 is 5.73 Å². The summed E-state index contributed by atoms with van der Waals surface area (Å²) in [6.45, 7) is 1.20. The SMILES string of the molecule is CC(=O)CC(N)(O)C(=O)c1ccc([N+](=O)[O-])cc1. The molecule has 1 aromatic carbocycles. The zero-order valence-corrected chi connectivity index (χ0v) is 9.62. The summed E-state index contributed by atoms with van der Waals surface area (Å²) in [4.78, 5) is 32.5. The summed E-state index contributed by atoms with van der Waals surface area (Å²) < 4.78 is 0. The van der Waals surface area contributed by atoms with Crippen LogP contribution in [0.3, 0.4) is 0 Å². The Morgan fingerprint density at radius 1 is 1.39 bits per heavy atom. The highest BCUT2D eigenvalue weighted by atomic mass is 16.6. The first-order valence-electron chi connectivity index (χ1n) is 5.04. The molecule has 0 heterocycles. The predicted molar refractivity (Wildman–Crippen MR) is 61.9 cm³/mol. The molecule has 1 unspecified atom stereocenters. The molecule has 96 valence electrons. The van der Waals surface area contributed by atoms with Crippen LogP contribution in [0.5, 0.6) is 0 Å². The molecule has 0 radical (unpaired) electrons. The van der Waals surface area contributed by atoms with Gasteiger partial charge in [0.25, 0.3) is 5.69 Å². The molecule has 0 spiro atoms. The van der Waals surface area contributed by atoms with Gasteiger partial charge in [-0.2, -0.15) is 0 Å². The van der Waals surface area contributed by atoms with Crippen molar-refractivity contribution in [2.45, 2.75) is 19.1 Å². The largest absolute Gasteiger partial charge is 0.368 e. The molecule has 1 rings (SSSR count). The van der Waals surface area contributed by atoms with Gasteiger partial charge in [0.05, 0.1) is 11.3 Å². The molecule has 0 amide bonds. The summed E-state index contributed by atoms with van der Waals surface area (Å²) in [7, 11) is 0. The Bertz CT molecular complexity index is 493. The van der Waals surface area contributed by atoms with Crippen molar-refractivity contribution in [3.63, 3.8) is 0 Å². The monoisotopic (exact) mass is 252 g/mol. The number of nitrogens with two attached hydrogens (primary N) is 1. The van der Waals surface area contributed by atoms with Gasteiger partial charge in [-0.1, -0.05) is 0 Å². The minimum Gasteiger partial charge on any atom is -0.368 e. The van der Waals surface area contributed by atoms with Gasteiger partial charge in [0.2, 0.25) is 5.78 Å². The Morgan fingerprint density at radius 3 is 2.28 bits per heavy atom. The molecule has 0 fully saturated rings. The highest BCUT2D eigenvalue weighted by Crippen LogP contribution is 2.17. The Morgan fingerprint density at radius 2 is 1.89 bits per heavy atom. The lowest BCUT2D eigenvalue weighted by Gasteiger charge is -2.19. The summed E-state index contributed by atoms with van der Waals surface area (Å²) >= 11 is 0. The molecule has 0 aliphatic carbocycles. The van der Waals surface area contributed by atoms with Crippen LogP contribution in [-0.4, -0.2) is 27.3 Å². The molecule has 1 atom stereocenters. The predicted octanol–water partition coefficient (Wildman–Crippen LogP) is 0.404. The molecule has 1 aromatic rings. The number of Topliss-reactive ketones (excluding diaryl/α,β-unsaturated/α-hetero) is 2. The number of nitrogens with zero attached hydrogens (tertiary/aromatic N) is 1. The molecule has 0 aromatic heterocycles. The second kappa shape index (κ2) is 5.03. The van der Waals surface area contributed by atoms with Crippen molar-refractivity contribution in [3.05, 3.63) is 39.9 Å². The first-order valence-corrected chi connectivity index (χ1v) is 5.04. The van der Waals surface area contributed by atoms with E-state index in [0.29, 0.717) is 0 Å². The number of carbonyl (C=O) groups is 2. The number of hydrogen-bond acceptors (Lipinski definition) is 6. The average Bonchev–Trinajstić information content (AvgIpc) is 2.26. The van der Waals surface area contributed by atoms with E-state index in [0.717, 1.165) is 12.1 Å². The van der Waals surface area contributed by atoms with Crippen molar-refractivity contribution in [2.24, 2.45) is 5.73 Å². The third-order valence-corrected chi connectivity index (χ3v) is 2.25. The van der Waals surface area contributed by atoms with Gasteiger partial charge in [-0.3, -0.25) is 25.4 Å². The molecule has 0 bridgehead atoms. The maximum absolute atomic E-state index is 11.8. The van der Waals surface area contributed by atoms with Crippen LogP contribution in [0.15, 0.2) is 24.3 Å². The van der Waals surface area contributed by atoms with Gasteiger partial charge in [-0.15, -0.1) is 0 Å². The van der Waals surface area contributed by atoms with E-state index in [9.17, 15) is 24.8 Å². The van der Waals surface area contributed by atoms with Crippen LogP contribution in [0.25, 0.3) is 0 Å². The molecular formula is C11H12N2O5. The maximum atomic E-state index is 11.8. The highest BCUT2D eigenvalue weighted by Gasteiger charge is 2.33. The number of rotatable bonds is 5. The lowest BCUT2D eigenvalue weighted by molar-refractivity contribution is -0.384. The number of nitro benzene ring substituents is 1. The van der Waals surface area contributed by atoms with Crippen molar-refractivity contribution in [1.29, 1.82) is 0 Å². The number of carbonyl (C=O) groups excluding carboxylic acids is 2. The van der Waals surface area contributed by atoms with Gasteiger partial charge in [0.15, 0.2) is 5.72 Å². The third-order valence-electron chi connectivity index (χ3n) is 2.25. The van der Waals surface area contributed by atoms with E-state index in [-0.39, 0.29) is 11.3 Å². The smallest absolute Gasteiger partial charge is 0.269 e. The number of aliphatic hydroxyl groups is 1. The molecule has 0 saturated heterocycles. The summed E-state index contributed by atoms with van der Waals surface area (Å²) in [5.74, 6) is -1.29. The zero-order chi connectivity index (χ0) is 13.9.